The van der Waals surface area contributed by atoms with E-state index in [1.807, 2.05) is 12.3 Å². The molecule has 0 atom stereocenters. The highest BCUT2D eigenvalue weighted by Gasteiger charge is 2.31. The maximum Gasteiger partial charge on any atom is 0.231 e. The molecular weight excluding hydrogens is 314 g/mol. The third-order valence-corrected chi connectivity index (χ3v) is 4.94. The van der Waals surface area contributed by atoms with E-state index in [1.165, 1.54) is 29.5 Å². The predicted octanol–water partition coefficient (Wildman–Crippen LogP) is 3.54. The Morgan fingerprint density at radius 1 is 1.24 bits per heavy atom. The van der Waals surface area contributed by atoms with Gasteiger partial charge in [0.15, 0.2) is 11.5 Å². The van der Waals surface area contributed by atoms with Crippen LogP contribution < -0.4 is 14.8 Å². The molecule has 128 valence electrons. The first kappa shape index (κ1) is 14.8. The van der Waals surface area contributed by atoms with Crippen LogP contribution in [0.5, 0.6) is 11.5 Å². The van der Waals surface area contributed by atoms with E-state index in [4.69, 9.17) is 14.5 Å². The summed E-state index contributed by atoms with van der Waals surface area (Å²) < 4.78 is 13.3. The molecule has 0 spiro atoms. The Kier molecular flexibility index (Phi) is 3.41. The molecule has 0 unspecified atom stereocenters. The van der Waals surface area contributed by atoms with Crippen LogP contribution >= 0.6 is 0 Å². The minimum absolute atomic E-state index is 0.340. The zero-order chi connectivity index (χ0) is 16.8. The molecule has 1 saturated carbocycles. The van der Waals surface area contributed by atoms with E-state index in [2.05, 4.69) is 41.0 Å². The topological polar surface area (TPSA) is 47.8 Å². The lowest BCUT2D eigenvalue weighted by Gasteiger charge is -2.09. The van der Waals surface area contributed by atoms with Crippen LogP contribution in [-0.2, 0) is 13.1 Å². The van der Waals surface area contributed by atoms with Crippen molar-refractivity contribution in [3.8, 4) is 11.5 Å². The molecule has 3 aromatic rings. The van der Waals surface area contributed by atoms with Crippen LogP contribution in [0.2, 0.25) is 0 Å². The SMILES string of the molecule is Cc1cccn2cc(CNCc3cc4c(c(C5CC5)c3)OCO4)nc12. The number of aryl methyl sites for hydroxylation is 1. The van der Waals surface area contributed by atoms with Crippen LogP contribution in [0.3, 0.4) is 0 Å². The molecule has 5 heteroatoms. The van der Waals surface area contributed by atoms with Gasteiger partial charge >= 0.3 is 0 Å². The fourth-order valence-corrected chi connectivity index (χ4v) is 3.52. The van der Waals surface area contributed by atoms with Gasteiger partial charge in [0.25, 0.3) is 0 Å². The lowest BCUT2D eigenvalue weighted by Crippen LogP contribution is -2.13. The number of aromatic nitrogens is 2. The molecule has 1 aliphatic heterocycles. The number of rotatable bonds is 5. The molecule has 5 rings (SSSR count). The minimum Gasteiger partial charge on any atom is -0.454 e. The normalized spacial score (nSPS) is 15.9. The monoisotopic (exact) mass is 335 g/mol. The van der Waals surface area contributed by atoms with E-state index in [1.54, 1.807) is 0 Å². The molecule has 25 heavy (non-hydrogen) atoms. The third-order valence-electron chi connectivity index (χ3n) is 4.94. The molecule has 2 aromatic heterocycles. The van der Waals surface area contributed by atoms with Crippen LogP contribution in [0.15, 0.2) is 36.7 Å². The second kappa shape index (κ2) is 5.77. The quantitative estimate of drug-likeness (QED) is 0.775. The molecule has 1 aromatic carbocycles. The Labute approximate surface area is 146 Å². The summed E-state index contributed by atoms with van der Waals surface area (Å²) in [6.45, 7) is 3.97. The largest absolute Gasteiger partial charge is 0.454 e. The molecule has 0 saturated heterocycles. The molecule has 1 fully saturated rings. The van der Waals surface area contributed by atoms with Gasteiger partial charge in [0.2, 0.25) is 6.79 Å². The van der Waals surface area contributed by atoms with Gasteiger partial charge in [-0.1, -0.05) is 12.1 Å². The van der Waals surface area contributed by atoms with Crippen molar-refractivity contribution in [1.82, 2.24) is 14.7 Å². The summed E-state index contributed by atoms with van der Waals surface area (Å²) in [5, 5.41) is 3.50. The van der Waals surface area contributed by atoms with Crippen molar-refractivity contribution in [1.29, 1.82) is 0 Å². The van der Waals surface area contributed by atoms with Crippen LogP contribution in [0.25, 0.3) is 5.65 Å². The fourth-order valence-electron chi connectivity index (χ4n) is 3.52. The highest BCUT2D eigenvalue weighted by atomic mass is 16.7. The number of nitrogens with zero attached hydrogens (tertiary/aromatic N) is 2. The summed E-state index contributed by atoms with van der Waals surface area (Å²) in [6, 6.07) is 8.50. The number of nitrogens with one attached hydrogen (secondary N) is 1. The van der Waals surface area contributed by atoms with Crippen molar-refractivity contribution in [3.05, 3.63) is 59.0 Å². The summed E-state index contributed by atoms with van der Waals surface area (Å²) in [7, 11) is 0. The van der Waals surface area contributed by atoms with Crippen LogP contribution in [0.4, 0.5) is 0 Å². The fraction of sp³-hybridized carbons (Fsp3) is 0.350. The molecule has 5 nitrogen and oxygen atoms in total. The van der Waals surface area contributed by atoms with Crippen molar-refractivity contribution in [2.45, 2.75) is 38.8 Å². The van der Waals surface area contributed by atoms with E-state index in [0.29, 0.717) is 12.7 Å². The second-order valence-corrected chi connectivity index (χ2v) is 6.95. The minimum atomic E-state index is 0.340. The Morgan fingerprint density at radius 3 is 3.00 bits per heavy atom. The molecule has 1 N–H and O–H groups in total. The number of imidazole rings is 1. The first-order chi connectivity index (χ1) is 12.3. The van der Waals surface area contributed by atoms with Gasteiger partial charge in [-0.25, -0.2) is 4.98 Å². The average Bonchev–Trinajstić information content (AvgIpc) is 3.19. The van der Waals surface area contributed by atoms with E-state index in [0.717, 1.165) is 35.9 Å². The highest BCUT2D eigenvalue weighted by molar-refractivity contribution is 5.53. The van der Waals surface area contributed by atoms with Gasteiger partial charge in [-0.15, -0.1) is 0 Å². The molecule has 2 aliphatic rings. The summed E-state index contributed by atoms with van der Waals surface area (Å²) in [6.07, 6.45) is 6.64. The first-order valence-electron chi connectivity index (χ1n) is 8.84. The number of fused-ring (bicyclic) bond motifs is 2. The highest BCUT2D eigenvalue weighted by Crippen LogP contribution is 2.49. The summed E-state index contributed by atoms with van der Waals surface area (Å²) in [4.78, 5) is 4.71. The zero-order valence-corrected chi connectivity index (χ0v) is 14.3. The van der Waals surface area contributed by atoms with Crippen molar-refractivity contribution in [2.75, 3.05) is 6.79 Å². The van der Waals surface area contributed by atoms with Gasteiger partial charge in [0.05, 0.1) is 5.69 Å². The second-order valence-electron chi connectivity index (χ2n) is 6.95. The van der Waals surface area contributed by atoms with Gasteiger partial charge in [0, 0.05) is 31.0 Å². The lowest BCUT2D eigenvalue weighted by atomic mass is 10.0. The van der Waals surface area contributed by atoms with E-state index >= 15 is 0 Å². The van der Waals surface area contributed by atoms with Crippen molar-refractivity contribution in [3.63, 3.8) is 0 Å². The number of hydrogen-bond donors (Lipinski definition) is 1. The van der Waals surface area contributed by atoms with E-state index < -0.39 is 0 Å². The first-order valence-corrected chi connectivity index (χ1v) is 8.84. The lowest BCUT2D eigenvalue weighted by molar-refractivity contribution is 0.173. The summed E-state index contributed by atoms with van der Waals surface area (Å²) >= 11 is 0. The molecule has 3 heterocycles. The van der Waals surface area contributed by atoms with Crippen LogP contribution in [-0.4, -0.2) is 16.2 Å². The Hall–Kier alpha value is -2.53. The molecule has 0 amide bonds. The van der Waals surface area contributed by atoms with Gasteiger partial charge < -0.3 is 19.2 Å². The molecule has 0 radical (unpaired) electrons. The predicted molar refractivity (Wildman–Crippen MR) is 95.0 cm³/mol. The number of benzene rings is 1. The average molecular weight is 335 g/mol. The van der Waals surface area contributed by atoms with Crippen molar-refractivity contribution in [2.24, 2.45) is 0 Å². The smallest absolute Gasteiger partial charge is 0.231 e. The van der Waals surface area contributed by atoms with Crippen LogP contribution in [0.1, 0.15) is 41.1 Å². The van der Waals surface area contributed by atoms with Gasteiger partial charge in [0.1, 0.15) is 5.65 Å². The number of pyridine rings is 1. The molecule has 1 aliphatic carbocycles. The number of ether oxygens (including phenoxy) is 2. The zero-order valence-electron chi connectivity index (χ0n) is 14.3. The Bertz CT molecular complexity index is 944. The summed E-state index contributed by atoms with van der Waals surface area (Å²) in [5.41, 5.74) is 5.83. The van der Waals surface area contributed by atoms with Gasteiger partial charge in [-0.05, 0) is 48.9 Å². The molecular formula is C20H21N3O2. The maximum absolute atomic E-state index is 5.65. The van der Waals surface area contributed by atoms with E-state index in [-0.39, 0.29) is 0 Å². The van der Waals surface area contributed by atoms with Gasteiger partial charge in [-0.3, -0.25) is 0 Å². The Morgan fingerprint density at radius 2 is 2.16 bits per heavy atom. The van der Waals surface area contributed by atoms with Crippen LogP contribution in [0, 0.1) is 6.92 Å². The Balaban J connectivity index is 1.31. The third kappa shape index (κ3) is 2.74. The molecule has 0 bridgehead atoms. The van der Waals surface area contributed by atoms with Crippen molar-refractivity contribution < 1.29 is 9.47 Å². The van der Waals surface area contributed by atoms with Crippen molar-refractivity contribution >= 4 is 5.65 Å². The van der Waals surface area contributed by atoms with Gasteiger partial charge in [-0.2, -0.15) is 0 Å². The van der Waals surface area contributed by atoms with E-state index in [9.17, 15) is 0 Å². The summed E-state index contributed by atoms with van der Waals surface area (Å²) in [5.74, 6) is 2.50. The maximum atomic E-state index is 5.65. The standard InChI is InChI=1S/C20H21N3O2/c1-13-3-2-6-23-11-16(22-20(13)23)10-21-9-14-7-17(15-4-5-15)19-18(8-14)24-12-25-19/h2-3,6-8,11,15,21H,4-5,9-10,12H2,1H3. The number of hydrogen-bond acceptors (Lipinski definition) is 4.